The summed E-state index contributed by atoms with van der Waals surface area (Å²) < 4.78 is 0. The summed E-state index contributed by atoms with van der Waals surface area (Å²) in [7, 11) is 0. The van der Waals surface area contributed by atoms with Crippen molar-refractivity contribution in [3.63, 3.8) is 0 Å². The van der Waals surface area contributed by atoms with E-state index in [2.05, 4.69) is 0 Å². The molecule has 0 rings (SSSR count). The zero-order chi connectivity index (χ0) is 110. The predicted octanol–water partition coefficient (Wildman–Crippen LogP) is 13.6. The van der Waals surface area contributed by atoms with Gasteiger partial charge in [-0.15, -0.1) is 0 Å². The van der Waals surface area contributed by atoms with Crippen LogP contribution in [0.5, 0.6) is 0 Å². The largest absolute Gasteiger partial charge is 0.300 e. The Bertz CT molecular complexity index is 4170. The van der Waals surface area contributed by atoms with Crippen LogP contribution in [0.2, 0.25) is 0 Å². The number of unbranched alkanes of at least 4 members (excludes halogenated alkanes) is 18. The molecular formula is C110H150O36. The number of Topliss-reactive ketones (excluding diaryl/α,β-unsaturated/α-hetero) is 36. The molecule has 0 atom stereocenters. The average molecular weight is 2050 g/mol. The van der Waals surface area contributed by atoms with E-state index in [1.54, 1.807) is 0 Å². The van der Waals surface area contributed by atoms with Crippen LogP contribution in [-0.4, -0.2) is 208 Å². The van der Waals surface area contributed by atoms with E-state index in [1.165, 1.54) is 13.8 Å². The Labute approximate surface area is 852 Å². The fourth-order valence-electron chi connectivity index (χ4n) is 15.2. The Kier molecular flexibility index (Phi) is 75.5. The highest BCUT2D eigenvalue weighted by molar-refractivity contribution is 6.44. The molecule has 0 aromatic rings. The second-order valence-electron chi connectivity index (χ2n) is 37.5. The van der Waals surface area contributed by atoms with Gasteiger partial charge >= 0.3 is 0 Å². The molecule has 0 radical (unpaired) electrons. The van der Waals surface area contributed by atoms with Gasteiger partial charge in [-0.3, -0.25) is 163 Å². The number of ketones is 36. The maximum absolute atomic E-state index is 12.4. The van der Waals surface area contributed by atoms with Crippen molar-refractivity contribution in [1.82, 2.24) is 0 Å². The van der Waals surface area contributed by atoms with E-state index in [4.69, 9.17) is 0 Å². The topological polar surface area (TPSA) is 615 Å². The monoisotopic (exact) mass is 2050 g/mol. The van der Waals surface area contributed by atoms with Crippen molar-refractivity contribution in [2.45, 2.75) is 476 Å². The number of carbonyl (C=O) groups excluding carboxylic acids is 36. The molecule has 0 saturated heterocycles. The van der Waals surface area contributed by atoms with E-state index in [0.717, 1.165) is 0 Å². The molecule has 0 saturated carbocycles. The van der Waals surface area contributed by atoms with Crippen molar-refractivity contribution < 1.29 is 173 Å². The van der Waals surface area contributed by atoms with Gasteiger partial charge in [0.25, 0.3) is 0 Å². The van der Waals surface area contributed by atoms with Crippen LogP contribution >= 0.6 is 0 Å². The SMILES string of the molecule is CC(=O)CCCCC(=O)C(=O)CCCCC(=O)C(=O)CCCCC(=O)C(=O)CCCCC(=O)C(=O)CCCCC(=O)C(=O)CCCCC(=O)C(=O)CCCCC(=O)C(=O)CCCCC(=O)C(=O)CCCCC(=O)C(=O)CCCCC(=O)C(=O)CCCCC(=O)C(=O)CCCCC(=O)C(=O)CCCCC(=O)C(=O)CCCCC(=O)C(=O)CCCCC(=O)C(=O)CCCCC(=O)C(=O)CCCCC(=O)C(=O)CCCCC(C)=O. The number of rotatable bonds is 107. The van der Waals surface area contributed by atoms with Crippen molar-refractivity contribution >= 4 is 208 Å². The van der Waals surface area contributed by atoms with Crippen LogP contribution in [0.25, 0.3) is 0 Å². The van der Waals surface area contributed by atoms with E-state index in [9.17, 15) is 173 Å². The smallest absolute Gasteiger partial charge is 0.198 e. The summed E-state index contributed by atoms with van der Waals surface area (Å²) in [5.74, 6) is -22.8. The number of hydrogen-bond donors (Lipinski definition) is 0. The second-order valence-corrected chi connectivity index (χ2v) is 37.5. The fourth-order valence-corrected chi connectivity index (χ4v) is 15.2. The predicted molar refractivity (Wildman–Crippen MR) is 524 cm³/mol. The molecule has 0 aromatic carbocycles. The van der Waals surface area contributed by atoms with Gasteiger partial charge in [-0.1, -0.05) is 0 Å². The highest BCUT2D eigenvalue weighted by Crippen LogP contribution is 2.21. The van der Waals surface area contributed by atoms with E-state index in [1.807, 2.05) is 0 Å². The third-order valence-electron chi connectivity index (χ3n) is 24.6. The van der Waals surface area contributed by atoms with Gasteiger partial charge in [0.1, 0.15) is 11.6 Å². The normalized spacial score (nSPS) is 10.9. The first-order chi connectivity index (χ1) is 69.3. The first-order valence-electron chi connectivity index (χ1n) is 52.3. The molecule has 0 amide bonds. The molecule has 0 bridgehead atoms. The maximum Gasteiger partial charge on any atom is 0.198 e. The lowest BCUT2D eigenvalue weighted by molar-refractivity contribution is -0.137. The van der Waals surface area contributed by atoms with E-state index in [0.29, 0.717) is 38.5 Å². The van der Waals surface area contributed by atoms with E-state index < -0.39 is 197 Å². The van der Waals surface area contributed by atoms with Gasteiger partial charge < -0.3 is 9.59 Å². The van der Waals surface area contributed by atoms with Crippen LogP contribution in [0.15, 0.2) is 0 Å². The molecular weight excluding hydrogens is 1900 g/mol. The zero-order valence-corrected chi connectivity index (χ0v) is 85.6. The third-order valence-corrected chi connectivity index (χ3v) is 24.6. The van der Waals surface area contributed by atoms with Crippen molar-refractivity contribution in [3.05, 3.63) is 0 Å². The van der Waals surface area contributed by atoms with Gasteiger partial charge in [0.15, 0.2) is 197 Å². The van der Waals surface area contributed by atoms with E-state index >= 15 is 0 Å². The molecule has 0 unspecified atom stereocenters. The minimum Gasteiger partial charge on any atom is -0.300 e. The Morgan fingerprint density at radius 1 is 0.0685 bits per heavy atom. The lowest BCUT2D eigenvalue weighted by Gasteiger charge is -2.04. The molecule has 0 aliphatic heterocycles. The minimum atomic E-state index is -0.710. The molecule has 36 heteroatoms. The molecule has 0 heterocycles. The molecule has 36 nitrogen and oxygen atoms in total. The lowest BCUT2D eigenvalue weighted by Crippen LogP contribution is -2.17. The van der Waals surface area contributed by atoms with Gasteiger partial charge in [0.2, 0.25) is 0 Å². The molecule has 146 heavy (non-hydrogen) atoms. The molecule has 0 aliphatic carbocycles. The van der Waals surface area contributed by atoms with Gasteiger partial charge in [-0.05, 0) is 245 Å². The number of carbonyl (C=O) groups is 36. The number of hydrogen-bond acceptors (Lipinski definition) is 36. The summed E-state index contributed by atoms with van der Waals surface area (Å²) >= 11 is 0. The molecule has 0 spiro atoms. The first kappa shape index (κ1) is 134. The molecule has 0 aromatic heterocycles. The molecule has 806 valence electrons. The van der Waals surface area contributed by atoms with Crippen LogP contribution in [0.4, 0.5) is 0 Å². The van der Waals surface area contributed by atoms with Gasteiger partial charge in [-0.25, -0.2) is 0 Å². The Balaban J connectivity index is 4.12. The molecule has 0 fully saturated rings. The highest BCUT2D eigenvalue weighted by Gasteiger charge is 2.28. The summed E-state index contributed by atoms with van der Waals surface area (Å²) in [6.45, 7) is 2.89. The van der Waals surface area contributed by atoms with E-state index in [-0.39, 0.29) is 435 Å². The van der Waals surface area contributed by atoms with Crippen molar-refractivity contribution in [1.29, 1.82) is 0 Å². The zero-order valence-electron chi connectivity index (χ0n) is 85.6. The van der Waals surface area contributed by atoms with Gasteiger partial charge in [0.05, 0.1) is 0 Å². The Morgan fingerprint density at radius 2 is 0.103 bits per heavy atom. The Hall–Kier alpha value is -11.9. The maximum atomic E-state index is 12.4. The summed E-state index contributed by atoms with van der Waals surface area (Å²) in [6, 6.07) is 0. The second kappa shape index (κ2) is 82.2. The van der Waals surface area contributed by atoms with Crippen LogP contribution in [0.1, 0.15) is 476 Å². The summed E-state index contributed by atoms with van der Waals surface area (Å²) in [5, 5.41) is 0. The average Bonchev–Trinajstić information content (AvgIpc) is 0.953. The lowest BCUT2D eigenvalue weighted by atomic mass is 9.98. The minimum absolute atomic E-state index is 0.00131. The van der Waals surface area contributed by atoms with Gasteiger partial charge in [0, 0.05) is 231 Å². The highest BCUT2D eigenvalue weighted by atomic mass is 16.2. The molecule has 0 N–H and O–H groups in total. The standard InChI is InChI=1S/C110H150O36/c1-75(111)39-3-5-41-77(113)79(115)43-7-9-45-81(117)83(119)47-11-13-49-85(121)87(123)51-15-17-53-89(125)91(127)55-19-21-57-93(129)95(131)59-23-25-61-97(133)99(135)63-27-29-65-101(137)103(139)67-31-33-69-105(141)107(143)71-35-37-73-109(145)110(146)74-38-36-72-108(144)106(142)70-34-32-68-104(140)102(138)66-30-28-64-100(136)98(134)62-26-24-60-96(132)94(130)58-22-20-56-92(128)90(126)54-18-16-52-88(124)86(122)50-14-12-48-84(120)82(118)46-10-8-44-80(116)78(114)42-6-4-40-76(2)112/h3-74H2,1-2H3. The van der Waals surface area contributed by atoms with Crippen LogP contribution in [0.3, 0.4) is 0 Å². The Morgan fingerprint density at radius 3 is 0.137 bits per heavy atom. The molecule has 0 aliphatic rings. The summed E-state index contributed by atoms with van der Waals surface area (Å²) in [5.41, 5.74) is 0. The quantitative estimate of drug-likeness (QED) is 0.0403. The van der Waals surface area contributed by atoms with Crippen molar-refractivity contribution in [3.8, 4) is 0 Å². The van der Waals surface area contributed by atoms with Crippen LogP contribution < -0.4 is 0 Å². The van der Waals surface area contributed by atoms with Crippen molar-refractivity contribution in [2.24, 2.45) is 0 Å². The fraction of sp³-hybridized carbons (Fsp3) is 0.673. The van der Waals surface area contributed by atoms with Gasteiger partial charge in [-0.2, -0.15) is 0 Å². The summed E-state index contributed by atoms with van der Waals surface area (Å²) in [4.78, 5) is 441. The first-order valence-corrected chi connectivity index (χ1v) is 52.3. The van der Waals surface area contributed by atoms with Crippen LogP contribution in [0, 0.1) is 0 Å². The summed E-state index contributed by atoms with van der Waals surface area (Å²) in [6.07, 6.45) is 2.62. The van der Waals surface area contributed by atoms with Crippen LogP contribution in [-0.2, 0) is 173 Å². The van der Waals surface area contributed by atoms with Crippen molar-refractivity contribution in [2.75, 3.05) is 0 Å². The third kappa shape index (κ3) is 68.5.